The van der Waals surface area contributed by atoms with Gasteiger partial charge in [0.2, 0.25) is 5.91 Å². The number of rotatable bonds is 7. The number of carbonyl (C=O) groups is 2. The fourth-order valence-electron chi connectivity index (χ4n) is 1.22. The Balaban J connectivity index is 4.51. The van der Waals surface area contributed by atoms with Crippen molar-refractivity contribution in [3.05, 3.63) is 0 Å². The molecule has 0 heterocycles. The third-order valence-corrected chi connectivity index (χ3v) is 2.08. The summed E-state index contributed by atoms with van der Waals surface area (Å²) in [4.78, 5) is 21.1. The van der Waals surface area contributed by atoms with Crippen LogP contribution in [-0.4, -0.2) is 63.6 Å². The summed E-state index contributed by atoms with van der Waals surface area (Å²) in [6, 6.07) is -0.994. The predicted octanol–water partition coefficient (Wildman–Crippen LogP) is -2.84. The molecule has 94 valence electrons. The van der Waals surface area contributed by atoms with Gasteiger partial charge in [0.1, 0.15) is 24.6 Å². The monoisotopic (exact) mass is 235 g/mol. The van der Waals surface area contributed by atoms with Crippen LogP contribution < -0.4 is 5.32 Å². The van der Waals surface area contributed by atoms with Crippen LogP contribution in [0.25, 0.3) is 0 Å². The lowest BCUT2D eigenvalue weighted by Gasteiger charge is -2.28. The number of aldehydes is 1. The molecule has 4 atom stereocenters. The van der Waals surface area contributed by atoms with Gasteiger partial charge in [-0.15, -0.1) is 0 Å². The lowest BCUT2D eigenvalue weighted by molar-refractivity contribution is -0.124. The van der Waals surface area contributed by atoms with Crippen LogP contribution >= 0.6 is 0 Å². The minimum absolute atomic E-state index is 0.198. The van der Waals surface area contributed by atoms with Gasteiger partial charge >= 0.3 is 0 Å². The van der Waals surface area contributed by atoms with Gasteiger partial charge in [-0.1, -0.05) is 0 Å². The van der Waals surface area contributed by atoms with Gasteiger partial charge in [0.15, 0.2) is 0 Å². The molecule has 0 radical (unpaired) electrons. The summed E-state index contributed by atoms with van der Waals surface area (Å²) in [5.41, 5.74) is 0. The highest BCUT2D eigenvalue weighted by Gasteiger charge is 2.31. The van der Waals surface area contributed by atoms with Gasteiger partial charge in [-0.2, -0.15) is 0 Å². The molecule has 0 aromatic rings. The van der Waals surface area contributed by atoms with E-state index in [0.29, 0.717) is 6.29 Å². The maximum absolute atomic E-state index is 10.8. The molecule has 0 unspecified atom stereocenters. The number of hydrogen-bond donors (Lipinski definition) is 5. The van der Waals surface area contributed by atoms with E-state index in [1.54, 1.807) is 0 Å². The van der Waals surface area contributed by atoms with Gasteiger partial charge in [0, 0.05) is 13.3 Å². The minimum Gasteiger partial charge on any atom is -0.394 e. The Bertz CT molecular complexity index is 234. The summed E-state index contributed by atoms with van der Waals surface area (Å²) in [7, 11) is 0. The van der Waals surface area contributed by atoms with E-state index >= 15 is 0 Å². The van der Waals surface area contributed by atoms with Crippen molar-refractivity contribution in [2.75, 3.05) is 6.61 Å². The maximum atomic E-state index is 10.8. The van der Waals surface area contributed by atoms with E-state index in [1.165, 1.54) is 6.92 Å². The molecule has 7 nitrogen and oxygen atoms in total. The first-order valence-electron chi connectivity index (χ1n) is 4.79. The summed E-state index contributed by atoms with van der Waals surface area (Å²) in [5, 5.41) is 38.9. The van der Waals surface area contributed by atoms with Crippen molar-refractivity contribution in [2.45, 2.75) is 37.7 Å². The molecule has 0 rings (SSSR count). The molecule has 0 aliphatic carbocycles. The first-order chi connectivity index (χ1) is 7.43. The fourth-order valence-corrected chi connectivity index (χ4v) is 1.22. The van der Waals surface area contributed by atoms with Crippen LogP contribution in [0.15, 0.2) is 0 Å². The highest BCUT2D eigenvalue weighted by Crippen LogP contribution is 2.07. The Kier molecular flexibility index (Phi) is 6.82. The summed E-state index contributed by atoms with van der Waals surface area (Å²) >= 11 is 0. The van der Waals surface area contributed by atoms with Gasteiger partial charge in [0.05, 0.1) is 12.6 Å². The third-order valence-electron chi connectivity index (χ3n) is 2.08. The Morgan fingerprint density at radius 2 is 1.88 bits per heavy atom. The van der Waals surface area contributed by atoms with Crippen molar-refractivity contribution < 1.29 is 30.0 Å². The molecule has 0 spiro atoms. The Hall–Kier alpha value is -1.02. The van der Waals surface area contributed by atoms with Gasteiger partial charge < -0.3 is 30.5 Å². The molecule has 0 aromatic carbocycles. The average Bonchev–Trinajstić information content (AvgIpc) is 2.24. The van der Waals surface area contributed by atoms with Gasteiger partial charge in [-0.25, -0.2) is 0 Å². The lowest BCUT2D eigenvalue weighted by atomic mass is 9.99. The zero-order valence-corrected chi connectivity index (χ0v) is 8.91. The number of aliphatic hydroxyl groups is 4. The molecule has 0 aliphatic heterocycles. The van der Waals surface area contributed by atoms with E-state index in [-0.39, 0.29) is 6.42 Å². The normalized spacial score (nSPS) is 18.3. The van der Waals surface area contributed by atoms with Crippen molar-refractivity contribution in [3.63, 3.8) is 0 Å². The molecule has 16 heavy (non-hydrogen) atoms. The molecular weight excluding hydrogens is 218 g/mol. The van der Waals surface area contributed by atoms with E-state index in [2.05, 4.69) is 5.32 Å². The highest BCUT2D eigenvalue weighted by molar-refractivity contribution is 5.73. The maximum Gasteiger partial charge on any atom is 0.217 e. The number of carbonyl (C=O) groups excluding carboxylic acids is 2. The molecule has 0 aromatic heterocycles. The number of aliphatic hydroxyl groups excluding tert-OH is 4. The minimum atomic E-state index is -1.64. The lowest BCUT2D eigenvalue weighted by Crippen LogP contribution is -2.52. The molecule has 0 bridgehead atoms. The van der Waals surface area contributed by atoms with E-state index in [1.807, 2.05) is 0 Å². The second-order valence-electron chi connectivity index (χ2n) is 3.44. The zero-order valence-electron chi connectivity index (χ0n) is 8.91. The second kappa shape index (κ2) is 7.29. The van der Waals surface area contributed by atoms with Crippen molar-refractivity contribution in [3.8, 4) is 0 Å². The number of hydrogen-bond acceptors (Lipinski definition) is 6. The number of amides is 1. The largest absolute Gasteiger partial charge is 0.394 e. The van der Waals surface area contributed by atoms with Crippen LogP contribution in [0.3, 0.4) is 0 Å². The smallest absolute Gasteiger partial charge is 0.217 e. The Labute approximate surface area is 92.7 Å². The Morgan fingerprint density at radius 1 is 1.31 bits per heavy atom. The summed E-state index contributed by atoms with van der Waals surface area (Å²) in [6.07, 6.45) is -4.42. The van der Waals surface area contributed by atoms with Crippen molar-refractivity contribution >= 4 is 12.2 Å². The third kappa shape index (κ3) is 4.67. The van der Waals surface area contributed by atoms with Crippen LogP contribution in [0, 0.1) is 0 Å². The molecule has 7 heteroatoms. The molecule has 5 N–H and O–H groups in total. The van der Waals surface area contributed by atoms with Gasteiger partial charge in [-0.05, 0) is 0 Å². The Morgan fingerprint density at radius 3 is 2.25 bits per heavy atom. The summed E-state index contributed by atoms with van der Waals surface area (Å²) in [6.45, 7) is 0.464. The SMILES string of the molecule is CC(=O)N[C@H](CC=O)[C@@H](O)[C@H](O)[C@H](O)CO. The predicted molar refractivity (Wildman–Crippen MR) is 53.4 cm³/mol. The first-order valence-corrected chi connectivity index (χ1v) is 4.79. The molecule has 0 saturated heterocycles. The van der Waals surface area contributed by atoms with Crippen LogP contribution in [0.5, 0.6) is 0 Å². The van der Waals surface area contributed by atoms with Gasteiger partial charge in [-0.3, -0.25) is 4.79 Å². The molecule has 0 aliphatic rings. The second-order valence-corrected chi connectivity index (χ2v) is 3.44. The van der Waals surface area contributed by atoms with Gasteiger partial charge in [0.25, 0.3) is 0 Å². The zero-order chi connectivity index (χ0) is 12.7. The number of nitrogens with one attached hydrogen (secondary N) is 1. The van der Waals surface area contributed by atoms with Crippen LogP contribution in [0.2, 0.25) is 0 Å². The van der Waals surface area contributed by atoms with E-state index in [4.69, 9.17) is 10.2 Å². The van der Waals surface area contributed by atoms with E-state index < -0.39 is 36.9 Å². The molecular formula is C9H17NO6. The summed E-state index contributed by atoms with van der Waals surface area (Å²) in [5.74, 6) is -0.475. The fraction of sp³-hybridized carbons (Fsp3) is 0.778. The molecule has 0 fully saturated rings. The first kappa shape index (κ1) is 15.0. The van der Waals surface area contributed by atoms with Crippen LogP contribution in [0.1, 0.15) is 13.3 Å². The van der Waals surface area contributed by atoms with Crippen LogP contribution in [0.4, 0.5) is 0 Å². The van der Waals surface area contributed by atoms with E-state index in [0.717, 1.165) is 0 Å². The van der Waals surface area contributed by atoms with Crippen molar-refractivity contribution in [1.82, 2.24) is 5.32 Å². The molecule has 1 amide bonds. The topological polar surface area (TPSA) is 127 Å². The van der Waals surface area contributed by atoms with Crippen molar-refractivity contribution in [2.24, 2.45) is 0 Å². The quantitative estimate of drug-likeness (QED) is 0.302. The average molecular weight is 235 g/mol. The van der Waals surface area contributed by atoms with Crippen molar-refractivity contribution in [1.29, 1.82) is 0 Å². The van der Waals surface area contributed by atoms with E-state index in [9.17, 15) is 19.8 Å². The van der Waals surface area contributed by atoms with Crippen LogP contribution in [-0.2, 0) is 9.59 Å². The molecule has 0 saturated carbocycles. The highest BCUT2D eigenvalue weighted by atomic mass is 16.4. The summed E-state index contributed by atoms with van der Waals surface area (Å²) < 4.78 is 0. The standard InChI is InChI=1S/C9H17NO6/c1-5(13)10-6(2-3-11)8(15)9(16)7(14)4-12/h3,6-9,12,14-16H,2,4H2,1H3,(H,10,13)/t6-,7-,8-,9-/m1/s1.